The van der Waals surface area contributed by atoms with Crippen molar-refractivity contribution in [2.45, 2.75) is 26.7 Å². The van der Waals surface area contributed by atoms with Gasteiger partial charge in [-0.05, 0) is 54.3 Å². The molecule has 0 saturated heterocycles. The zero-order chi connectivity index (χ0) is 21.0. The third kappa shape index (κ3) is 5.40. The maximum absolute atomic E-state index is 12.3. The fourth-order valence-corrected chi connectivity index (χ4v) is 3.03. The van der Waals surface area contributed by atoms with E-state index in [0.717, 1.165) is 11.1 Å². The second-order valence-electron chi connectivity index (χ2n) is 7.02. The van der Waals surface area contributed by atoms with Gasteiger partial charge in [0.05, 0.1) is 10.6 Å². The van der Waals surface area contributed by atoms with E-state index in [2.05, 4.69) is 5.32 Å². The first-order valence-electron chi connectivity index (χ1n) is 8.84. The molecule has 5 nitrogen and oxygen atoms in total. The van der Waals surface area contributed by atoms with Crippen LogP contribution in [-0.2, 0) is 4.79 Å². The number of hydrogen-bond acceptors (Lipinski definition) is 3. The van der Waals surface area contributed by atoms with E-state index in [1.54, 1.807) is 32.3 Å². The van der Waals surface area contributed by atoms with Crippen molar-refractivity contribution in [1.82, 2.24) is 4.90 Å². The Kier molecular flexibility index (Phi) is 7.33. The molecule has 0 spiro atoms. The van der Waals surface area contributed by atoms with E-state index in [9.17, 15) is 9.59 Å². The Morgan fingerprint density at radius 1 is 1.11 bits per heavy atom. The van der Waals surface area contributed by atoms with E-state index in [-0.39, 0.29) is 29.4 Å². The van der Waals surface area contributed by atoms with Crippen LogP contribution < -0.4 is 10.1 Å². The van der Waals surface area contributed by atoms with Gasteiger partial charge in [-0.25, -0.2) is 0 Å². The first-order chi connectivity index (χ1) is 13.1. The topological polar surface area (TPSA) is 58.6 Å². The van der Waals surface area contributed by atoms with Crippen LogP contribution in [0.25, 0.3) is 0 Å². The Labute approximate surface area is 175 Å². The van der Waals surface area contributed by atoms with Gasteiger partial charge < -0.3 is 15.0 Å². The number of amides is 2. The van der Waals surface area contributed by atoms with Gasteiger partial charge in [-0.1, -0.05) is 37.0 Å². The zero-order valence-corrected chi connectivity index (χ0v) is 18.1. The van der Waals surface area contributed by atoms with E-state index in [4.69, 9.17) is 27.9 Å². The molecule has 0 aromatic heterocycles. The van der Waals surface area contributed by atoms with Crippen LogP contribution >= 0.6 is 23.2 Å². The molecule has 0 aliphatic heterocycles. The number of hydrogen-bond donors (Lipinski definition) is 1. The lowest BCUT2D eigenvalue weighted by atomic mass is 10.0. The molecular formula is C21H24Cl2N2O3. The van der Waals surface area contributed by atoms with Gasteiger partial charge >= 0.3 is 0 Å². The minimum absolute atomic E-state index is 0.156. The molecule has 0 unspecified atom stereocenters. The number of aryl methyl sites for hydroxylation is 1. The number of nitrogens with one attached hydrogen (secondary N) is 1. The summed E-state index contributed by atoms with van der Waals surface area (Å²) in [6.45, 7) is 5.80. The van der Waals surface area contributed by atoms with Crippen molar-refractivity contribution < 1.29 is 14.3 Å². The SMILES string of the molecule is Cc1cc(OCC(=O)Nc2ccc(C(=O)N(C)C)c(Cl)c2)c(C(C)C)cc1Cl. The molecule has 2 aromatic carbocycles. The molecule has 150 valence electrons. The Morgan fingerprint density at radius 2 is 1.79 bits per heavy atom. The lowest BCUT2D eigenvalue weighted by Crippen LogP contribution is -2.23. The third-order valence-electron chi connectivity index (χ3n) is 4.16. The first kappa shape index (κ1) is 22.1. The van der Waals surface area contributed by atoms with Crippen LogP contribution in [-0.4, -0.2) is 37.4 Å². The number of carbonyl (C=O) groups excluding carboxylic acids is 2. The Hall–Kier alpha value is -2.24. The highest BCUT2D eigenvalue weighted by molar-refractivity contribution is 6.34. The lowest BCUT2D eigenvalue weighted by Gasteiger charge is -2.16. The second-order valence-corrected chi connectivity index (χ2v) is 7.84. The van der Waals surface area contributed by atoms with Crippen molar-refractivity contribution in [2.24, 2.45) is 0 Å². The van der Waals surface area contributed by atoms with Crippen LogP contribution in [0.5, 0.6) is 5.75 Å². The smallest absolute Gasteiger partial charge is 0.262 e. The van der Waals surface area contributed by atoms with Crippen molar-refractivity contribution in [1.29, 1.82) is 0 Å². The molecule has 0 aliphatic rings. The van der Waals surface area contributed by atoms with Crippen molar-refractivity contribution in [3.63, 3.8) is 0 Å². The number of nitrogens with zero attached hydrogens (tertiary/aromatic N) is 1. The van der Waals surface area contributed by atoms with Gasteiger partial charge in [0, 0.05) is 24.8 Å². The summed E-state index contributed by atoms with van der Waals surface area (Å²) in [6, 6.07) is 8.47. The van der Waals surface area contributed by atoms with Crippen molar-refractivity contribution in [3.8, 4) is 5.75 Å². The lowest BCUT2D eigenvalue weighted by molar-refractivity contribution is -0.118. The number of anilines is 1. The summed E-state index contributed by atoms with van der Waals surface area (Å²) in [5.41, 5.74) is 2.69. The maximum atomic E-state index is 12.3. The summed E-state index contributed by atoms with van der Waals surface area (Å²) < 4.78 is 5.73. The van der Waals surface area contributed by atoms with Gasteiger partial charge in [-0.15, -0.1) is 0 Å². The normalized spacial score (nSPS) is 10.7. The number of benzene rings is 2. The maximum Gasteiger partial charge on any atom is 0.262 e. The number of rotatable bonds is 6. The van der Waals surface area contributed by atoms with Gasteiger partial charge in [-0.3, -0.25) is 9.59 Å². The molecule has 2 aromatic rings. The minimum Gasteiger partial charge on any atom is -0.483 e. The van der Waals surface area contributed by atoms with Crippen LogP contribution in [0.1, 0.15) is 41.3 Å². The van der Waals surface area contributed by atoms with Gasteiger partial charge in [-0.2, -0.15) is 0 Å². The number of ether oxygens (including phenoxy) is 1. The Balaban J connectivity index is 2.07. The molecule has 2 rings (SSSR count). The predicted octanol–water partition coefficient (Wildman–Crippen LogP) is 5.14. The van der Waals surface area contributed by atoms with E-state index in [0.29, 0.717) is 22.0 Å². The summed E-state index contributed by atoms with van der Waals surface area (Å²) in [4.78, 5) is 25.7. The van der Waals surface area contributed by atoms with Crippen molar-refractivity contribution in [3.05, 3.63) is 57.1 Å². The monoisotopic (exact) mass is 422 g/mol. The molecule has 0 aliphatic carbocycles. The predicted molar refractivity (Wildman–Crippen MR) is 114 cm³/mol. The van der Waals surface area contributed by atoms with E-state index in [1.165, 1.54) is 4.90 Å². The summed E-state index contributed by atoms with van der Waals surface area (Å²) in [6.07, 6.45) is 0. The third-order valence-corrected chi connectivity index (χ3v) is 4.88. The fourth-order valence-electron chi connectivity index (χ4n) is 2.59. The van der Waals surface area contributed by atoms with Crippen LogP contribution in [0.15, 0.2) is 30.3 Å². The molecule has 0 bridgehead atoms. The average molecular weight is 423 g/mol. The van der Waals surface area contributed by atoms with E-state index < -0.39 is 0 Å². The largest absolute Gasteiger partial charge is 0.483 e. The zero-order valence-electron chi connectivity index (χ0n) is 16.6. The highest BCUT2D eigenvalue weighted by Gasteiger charge is 2.15. The Bertz CT molecular complexity index is 895. The van der Waals surface area contributed by atoms with Gasteiger partial charge in [0.1, 0.15) is 5.75 Å². The van der Waals surface area contributed by atoms with Crippen molar-refractivity contribution >= 4 is 40.7 Å². The Morgan fingerprint density at radius 3 is 2.36 bits per heavy atom. The summed E-state index contributed by atoms with van der Waals surface area (Å²) in [7, 11) is 3.30. The van der Waals surface area contributed by atoms with Crippen LogP contribution in [0.2, 0.25) is 10.0 Å². The summed E-state index contributed by atoms with van der Waals surface area (Å²) in [5.74, 6) is 0.310. The average Bonchev–Trinajstić information content (AvgIpc) is 2.61. The summed E-state index contributed by atoms with van der Waals surface area (Å²) >= 11 is 12.4. The molecule has 2 amide bonds. The molecule has 28 heavy (non-hydrogen) atoms. The van der Waals surface area contributed by atoms with Crippen molar-refractivity contribution in [2.75, 3.05) is 26.0 Å². The highest BCUT2D eigenvalue weighted by atomic mass is 35.5. The summed E-state index contributed by atoms with van der Waals surface area (Å²) in [5, 5.41) is 3.66. The quantitative estimate of drug-likeness (QED) is 0.700. The van der Waals surface area contributed by atoms with Gasteiger partial charge in [0.25, 0.3) is 11.8 Å². The molecule has 0 heterocycles. The molecule has 7 heteroatoms. The van der Waals surface area contributed by atoms with Crippen LogP contribution in [0, 0.1) is 6.92 Å². The second kappa shape index (κ2) is 9.30. The van der Waals surface area contributed by atoms with Gasteiger partial charge in [0.2, 0.25) is 0 Å². The molecule has 0 radical (unpaired) electrons. The van der Waals surface area contributed by atoms with Crippen LogP contribution in [0.4, 0.5) is 5.69 Å². The fraction of sp³-hybridized carbons (Fsp3) is 0.333. The molecule has 0 fully saturated rings. The number of carbonyl (C=O) groups is 2. The highest BCUT2D eigenvalue weighted by Crippen LogP contribution is 2.32. The number of halogens is 2. The molecule has 1 N–H and O–H groups in total. The molecule has 0 saturated carbocycles. The van der Waals surface area contributed by atoms with Crippen LogP contribution in [0.3, 0.4) is 0 Å². The molecule has 0 atom stereocenters. The standard InChI is InChI=1S/C21H24Cl2N2O3/c1-12(2)16-10-17(22)13(3)8-19(16)28-11-20(26)24-14-6-7-15(18(23)9-14)21(27)25(4)5/h6-10,12H,11H2,1-5H3,(H,24,26). The minimum atomic E-state index is -0.329. The van der Waals surface area contributed by atoms with Gasteiger partial charge in [0.15, 0.2) is 6.61 Å². The first-order valence-corrected chi connectivity index (χ1v) is 9.59. The van der Waals surface area contributed by atoms with E-state index >= 15 is 0 Å². The van der Waals surface area contributed by atoms with E-state index in [1.807, 2.05) is 32.9 Å². The molecular weight excluding hydrogens is 399 g/mol.